The minimum Gasteiger partial charge on any atom is -0.394 e. The van der Waals surface area contributed by atoms with Crippen molar-refractivity contribution in [2.24, 2.45) is 0 Å². The molecular formula is C15H31NO9. The molecular weight excluding hydrogens is 338 g/mol. The number of likely N-dealkylation sites (N-methyl/N-ethyl adjacent to an activating group) is 1. The van der Waals surface area contributed by atoms with Crippen LogP contribution in [0.1, 0.15) is 21.6 Å². The predicted molar refractivity (Wildman–Crippen MR) is 85.5 cm³/mol. The molecule has 0 unspecified atom stereocenters. The minimum absolute atomic E-state index is 0.0391. The highest BCUT2D eigenvalue weighted by atomic mass is 16.7. The Morgan fingerprint density at radius 2 is 1.80 bits per heavy atom. The van der Waals surface area contributed by atoms with Crippen molar-refractivity contribution in [1.82, 2.24) is 5.32 Å². The third-order valence-electron chi connectivity index (χ3n) is 4.22. The van der Waals surface area contributed by atoms with Gasteiger partial charge in [-0.25, -0.2) is 0 Å². The Hall–Kier alpha value is -0.400. The van der Waals surface area contributed by atoms with Gasteiger partial charge in [-0.3, -0.25) is 0 Å². The highest BCUT2D eigenvalue weighted by Gasteiger charge is 2.46. The molecule has 9 atom stereocenters. The molecule has 0 aromatic rings. The van der Waals surface area contributed by atoms with Crippen molar-refractivity contribution in [2.45, 2.75) is 75.4 Å². The molecule has 1 heterocycles. The average molecular weight is 370 g/mol. The number of nitrogens with one attached hydrogen (secondary N) is 1. The van der Waals surface area contributed by atoms with E-state index < -0.39 is 61.7 Å². The van der Waals surface area contributed by atoms with Crippen LogP contribution in [0.25, 0.3) is 0 Å². The quantitative estimate of drug-likeness (QED) is 0.179. The highest BCUT2D eigenvalue weighted by Crippen LogP contribution is 2.24. The van der Waals surface area contributed by atoms with Gasteiger partial charge >= 0.3 is 0 Å². The zero-order chi connectivity index (χ0) is 19.9. The maximum atomic E-state index is 10.3. The van der Waals surface area contributed by atoms with Crippen LogP contribution in [0.4, 0.5) is 0 Å². The van der Waals surface area contributed by atoms with Gasteiger partial charge in [-0.05, 0) is 13.0 Å². The molecule has 1 fully saturated rings. The standard InChI is InChI=1S/C15H31NO9/c1-3-7(18)10(19)11(20)8(5-16-4-2)24-15-14(23)13(22)12(21)9(6-17)25-15/h7-23H,3-6H2,1-2H3/t7-,8+,9-,10-,11-,12-,13+,14-,15+/m1/s1/i2D. The molecule has 0 aliphatic carbocycles. The summed E-state index contributed by atoms with van der Waals surface area (Å²) in [5, 5.41) is 71.7. The topological polar surface area (TPSA) is 172 Å². The lowest BCUT2D eigenvalue weighted by Crippen LogP contribution is -2.61. The summed E-state index contributed by atoms with van der Waals surface area (Å²) >= 11 is 0. The molecule has 1 aliphatic heterocycles. The molecule has 1 rings (SSSR count). The van der Waals surface area contributed by atoms with E-state index in [9.17, 15) is 35.7 Å². The van der Waals surface area contributed by atoms with E-state index in [2.05, 4.69) is 5.32 Å². The average Bonchev–Trinajstić information content (AvgIpc) is 2.65. The molecule has 10 nitrogen and oxygen atoms in total. The zero-order valence-corrected chi connectivity index (χ0v) is 14.2. The number of hydrogen-bond donors (Lipinski definition) is 8. The summed E-state index contributed by atoms with van der Waals surface area (Å²) in [6.45, 7) is 1.28. The molecule has 0 bridgehead atoms. The molecule has 150 valence electrons. The van der Waals surface area contributed by atoms with Crippen LogP contribution < -0.4 is 5.32 Å². The number of ether oxygens (including phenoxy) is 2. The van der Waals surface area contributed by atoms with Crippen LogP contribution in [0.5, 0.6) is 0 Å². The summed E-state index contributed by atoms with van der Waals surface area (Å²) in [5.41, 5.74) is 0. The molecule has 8 N–H and O–H groups in total. The summed E-state index contributed by atoms with van der Waals surface area (Å²) in [7, 11) is 0. The van der Waals surface area contributed by atoms with Crippen LogP contribution in [-0.4, -0.2) is 111 Å². The van der Waals surface area contributed by atoms with Gasteiger partial charge in [-0.1, -0.05) is 13.8 Å². The molecule has 1 saturated heterocycles. The Labute approximate surface area is 148 Å². The molecule has 0 amide bonds. The van der Waals surface area contributed by atoms with Gasteiger partial charge in [0.2, 0.25) is 0 Å². The number of hydrogen-bond acceptors (Lipinski definition) is 10. The summed E-state index contributed by atoms with van der Waals surface area (Å²) in [6, 6.07) is 0. The van der Waals surface area contributed by atoms with E-state index in [1.54, 1.807) is 6.92 Å². The first kappa shape index (κ1) is 20.9. The molecule has 0 aromatic heterocycles. The normalized spacial score (nSPS) is 35.7. The number of aliphatic hydroxyl groups is 7. The SMILES string of the molecule is [2H]CCNC[C@H](O[C@H]1O[C@H](CO)[C@@H](O)[C@H](O)[C@H]1O)[C@@H](O)[C@H](O)[C@H](O)CC. The number of aliphatic hydroxyl groups excluding tert-OH is 7. The van der Waals surface area contributed by atoms with Gasteiger partial charge in [0.05, 0.1) is 12.7 Å². The lowest BCUT2D eigenvalue weighted by atomic mass is 9.98. The van der Waals surface area contributed by atoms with Crippen molar-refractivity contribution in [1.29, 1.82) is 0 Å². The maximum absolute atomic E-state index is 10.3. The first-order valence-corrected chi connectivity index (χ1v) is 8.28. The smallest absolute Gasteiger partial charge is 0.187 e. The van der Waals surface area contributed by atoms with Gasteiger partial charge in [0.15, 0.2) is 6.29 Å². The van der Waals surface area contributed by atoms with Gasteiger partial charge in [-0.15, -0.1) is 0 Å². The largest absolute Gasteiger partial charge is 0.394 e. The fraction of sp³-hybridized carbons (Fsp3) is 1.00. The summed E-state index contributed by atoms with van der Waals surface area (Å²) in [4.78, 5) is 0. The second kappa shape index (κ2) is 10.7. The van der Waals surface area contributed by atoms with E-state index in [4.69, 9.17) is 10.8 Å². The zero-order valence-electron chi connectivity index (χ0n) is 15.2. The van der Waals surface area contributed by atoms with Crippen molar-refractivity contribution < 1.29 is 46.6 Å². The van der Waals surface area contributed by atoms with Gasteiger partial charge in [0.1, 0.15) is 42.7 Å². The third kappa shape index (κ3) is 5.79. The van der Waals surface area contributed by atoms with E-state index >= 15 is 0 Å². The molecule has 1 aliphatic rings. The highest BCUT2D eigenvalue weighted by molar-refractivity contribution is 4.90. The predicted octanol–water partition coefficient (Wildman–Crippen LogP) is -3.73. The van der Waals surface area contributed by atoms with E-state index in [0.29, 0.717) is 0 Å². The Morgan fingerprint density at radius 1 is 1.12 bits per heavy atom. The fourth-order valence-electron chi connectivity index (χ4n) is 2.53. The number of rotatable bonds is 10. The van der Waals surface area contributed by atoms with Gasteiger partial charge in [0.25, 0.3) is 0 Å². The summed E-state index contributed by atoms with van der Waals surface area (Å²) < 4.78 is 17.8. The Morgan fingerprint density at radius 3 is 2.36 bits per heavy atom. The maximum Gasteiger partial charge on any atom is 0.187 e. The van der Waals surface area contributed by atoms with E-state index in [0.717, 1.165) is 0 Å². The van der Waals surface area contributed by atoms with E-state index in [1.807, 2.05) is 0 Å². The Kier molecular flexibility index (Phi) is 8.93. The van der Waals surface area contributed by atoms with Crippen molar-refractivity contribution in [2.75, 3.05) is 19.7 Å². The van der Waals surface area contributed by atoms with Crippen LogP contribution in [0.15, 0.2) is 0 Å². The fourth-order valence-corrected chi connectivity index (χ4v) is 2.53. The lowest BCUT2D eigenvalue weighted by Gasteiger charge is -2.42. The monoisotopic (exact) mass is 370 g/mol. The Balaban J connectivity index is 2.85. The van der Waals surface area contributed by atoms with Gasteiger partial charge < -0.3 is 50.5 Å². The molecule has 0 radical (unpaired) electrons. The van der Waals surface area contributed by atoms with Gasteiger partial charge in [0, 0.05) is 7.92 Å². The molecule has 10 heteroatoms. The van der Waals surface area contributed by atoms with Crippen LogP contribution in [0.2, 0.25) is 0 Å². The molecule has 25 heavy (non-hydrogen) atoms. The molecule has 0 saturated carbocycles. The van der Waals surface area contributed by atoms with Crippen LogP contribution >= 0.6 is 0 Å². The Bertz CT molecular complexity index is 392. The van der Waals surface area contributed by atoms with Gasteiger partial charge in [-0.2, -0.15) is 0 Å². The van der Waals surface area contributed by atoms with Crippen molar-refractivity contribution in [3.05, 3.63) is 0 Å². The summed E-state index contributed by atoms with van der Waals surface area (Å²) in [6.07, 6.45) is -12.8. The van der Waals surface area contributed by atoms with Crippen molar-refractivity contribution >= 4 is 0 Å². The second-order valence-electron chi connectivity index (χ2n) is 6.03. The summed E-state index contributed by atoms with van der Waals surface area (Å²) in [5.74, 6) is 0. The van der Waals surface area contributed by atoms with Crippen molar-refractivity contribution in [3.63, 3.8) is 0 Å². The second-order valence-corrected chi connectivity index (χ2v) is 6.03. The first-order valence-electron chi connectivity index (χ1n) is 8.99. The lowest BCUT2D eigenvalue weighted by molar-refractivity contribution is -0.319. The van der Waals surface area contributed by atoms with Crippen LogP contribution in [0, 0.1) is 0 Å². The molecule has 0 aromatic carbocycles. The molecule has 0 spiro atoms. The van der Waals surface area contributed by atoms with E-state index in [-0.39, 0.29) is 26.4 Å². The minimum atomic E-state index is -1.66. The van der Waals surface area contributed by atoms with E-state index in [1.165, 1.54) is 0 Å². The van der Waals surface area contributed by atoms with Crippen LogP contribution in [0.3, 0.4) is 0 Å². The first-order chi connectivity index (χ1) is 12.3. The van der Waals surface area contributed by atoms with Crippen LogP contribution in [-0.2, 0) is 9.47 Å². The van der Waals surface area contributed by atoms with Crippen molar-refractivity contribution in [3.8, 4) is 0 Å². The third-order valence-corrected chi connectivity index (χ3v) is 4.22.